The van der Waals surface area contributed by atoms with Crippen LogP contribution in [0.5, 0.6) is 5.75 Å². The lowest BCUT2D eigenvalue weighted by Crippen LogP contribution is -2.12. The maximum absolute atomic E-state index is 12.7. The molecule has 0 bridgehead atoms. The van der Waals surface area contributed by atoms with Gasteiger partial charge in [-0.3, -0.25) is 9.59 Å². The van der Waals surface area contributed by atoms with Crippen LogP contribution in [0, 0.1) is 13.8 Å². The van der Waals surface area contributed by atoms with Crippen molar-refractivity contribution in [2.45, 2.75) is 33.8 Å². The first-order valence-electron chi connectivity index (χ1n) is 10.6. The number of hydrogen-bond donors (Lipinski definition) is 2. The molecular weight excluding hydrogens is 420 g/mol. The van der Waals surface area contributed by atoms with Gasteiger partial charge in [0.25, 0.3) is 11.5 Å². The second-order valence-corrected chi connectivity index (χ2v) is 7.59. The highest BCUT2D eigenvalue weighted by molar-refractivity contribution is 6.04. The number of hydrogen-bond acceptors (Lipinski definition) is 6. The average Bonchev–Trinajstić information content (AvgIpc) is 3.14. The Morgan fingerprint density at radius 2 is 1.91 bits per heavy atom. The Labute approximate surface area is 190 Å². The molecule has 1 amide bonds. The number of rotatable bonds is 7. The molecule has 0 aliphatic heterocycles. The average molecular weight is 444 g/mol. The highest BCUT2D eigenvalue weighted by Gasteiger charge is 2.11. The van der Waals surface area contributed by atoms with Gasteiger partial charge in [0.15, 0.2) is 0 Å². The fourth-order valence-electron chi connectivity index (χ4n) is 3.34. The van der Waals surface area contributed by atoms with Gasteiger partial charge < -0.3 is 19.6 Å². The molecule has 0 aliphatic carbocycles. The molecule has 0 unspecified atom stereocenters. The molecule has 0 saturated carbocycles. The predicted molar refractivity (Wildman–Crippen MR) is 124 cm³/mol. The number of aromatic nitrogens is 3. The van der Waals surface area contributed by atoms with Gasteiger partial charge in [0, 0.05) is 28.6 Å². The molecule has 0 saturated heterocycles. The Hall–Kier alpha value is -4.20. The lowest BCUT2D eigenvalue weighted by molar-refractivity contribution is 0.102. The van der Waals surface area contributed by atoms with Crippen LogP contribution in [-0.2, 0) is 13.0 Å². The summed E-state index contributed by atoms with van der Waals surface area (Å²) in [6, 6.07) is 15.6. The summed E-state index contributed by atoms with van der Waals surface area (Å²) in [7, 11) is 0. The van der Waals surface area contributed by atoms with E-state index in [1.807, 2.05) is 26.8 Å². The molecule has 8 heteroatoms. The van der Waals surface area contributed by atoms with Gasteiger partial charge in [-0.15, -0.1) is 0 Å². The van der Waals surface area contributed by atoms with Crippen LogP contribution in [-0.4, -0.2) is 21.0 Å². The van der Waals surface area contributed by atoms with Gasteiger partial charge in [-0.25, -0.2) is 4.98 Å². The smallest absolute Gasteiger partial charge is 0.255 e. The van der Waals surface area contributed by atoms with E-state index in [1.54, 1.807) is 42.5 Å². The second kappa shape index (κ2) is 9.52. The van der Waals surface area contributed by atoms with Crippen molar-refractivity contribution in [2.24, 2.45) is 0 Å². The quantitative estimate of drug-likeness (QED) is 0.436. The third kappa shape index (κ3) is 5.17. The monoisotopic (exact) mass is 444 g/mol. The molecule has 0 fully saturated rings. The van der Waals surface area contributed by atoms with Crippen LogP contribution in [0.3, 0.4) is 0 Å². The summed E-state index contributed by atoms with van der Waals surface area (Å²) in [4.78, 5) is 31.8. The molecule has 2 aromatic carbocycles. The number of nitrogens with zero attached hydrogens (tertiary/aromatic N) is 2. The van der Waals surface area contributed by atoms with E-state index in [0.29, 0.717) is 47.1 Å². The fraction of sp³-hybridized carbons (Fsp3) is 0.200. The first-order chi connectivity index (χ1) is 15.9. The van der Waals surface area contributed by atoms with E-state index in [0.717, 1.165) is 17.0 Å². The molecule has 8 nitrogen and oxygen atoms in total. The number of nitrogens with one attached hydrogen (secondary N) is 2. The topological polar surface area (TPSA) is 110 Å². The van der Waals surface area contributed by atoms with E-state index in [-0.39, 0.29) is 11.5 Å². The highest BCUT2D eigenvalue weighted by Crippen LogP contribution is 2.21. The van der Waals surface area contributed by atoms with Gasteiger partial charge in [-0.1, -0.05) is 24.2 Å². The zero-order valence-corrected chi connectivity index (χ0v) is 18.6. The number of amides is 1. The van der Waals surface area contributed by atoms with Crippen LogP contribution in [0.4, 0.5) is 5.69 Å². The van der Waals surface area contributed by atoms with Crippen molar-refractivity contribution in [3.05, 3.63) is 93.2 Å². The van der Waals surface area contributed by atoms with Crippen LogP contribution in [0.25, 0.3) is 11.4 Å². The van der Waals surface area contributed by atoms with Crippen molar-refractivity contribution >= 4 is 11.6 Å². The summed E-state index contributed by atoms with van der Waals surface area (Å²) in [5.74, 6) is 1.58. The van der Waals surface area contributed by atoms with Crippen LogP contribution in [0.2, 0.25) is 0 Å². The van der Waals surface area contributed by atoms with Crippen LogP contribution < -0.4 is 15.6 Å². The third-order valence-electron chi connectivity index (χ3n) is 5.23. The zero-order valence-electron chi connectivity index (χ0n) is 18.6. The number of carbonyl (C=O) groups excluding carboxylic acids is 1. The van der Waals surface area contributed by atoms with Gasteiger partial charge in [-0.2, -0.15) is 0 Å². The van der Waals surface area contributed by atoms with Crippen LogP contribution >= 0.6 is 0 Å². The molecule has 2 aromatic heterocycles. The fourth-order valence-corrected chi connectivity index (χ4v) is 3.34. The van der Waals surface area contributed by atoms with Crippen LogP contribution in [0.15, 0.2) is 63.9 Å². The Kier molecular flexibility index (Phi) is 6.35. The largest absolute Gasteiger partial charge is 0.489 e. The van der Waals surface area contributed by atoms with Gasteiger partial charge in [0.05, 0.1) is 11.3 Å². The Morgan fingerprint density at radius 1 is 1.12 bits per heavy atom. The first-order valence-corrected chi connectivity index (χ1v) is 10.6. The number of carbonyl (C=O) groups is 1. The maximum atomic E-state index is 12.7. The van der Waals surface area contributed by atoms with Crippen molar-refractivity contribution in [1.82, 2.24) is 15.1 Å². The van der Waals surface area contributed by atoms with E-state index < -0.39 is 0 Å². The van der Waals surface area contributed by atoms with Crippen molar-refractivity contribution in [3.63, 3.8) is 0 Å². The van der Waals surface area contributed by atoms with Crippen molar-refractivity contribution < 1.29 is 14.1 Å². The third-order valence-corrected chi connectivity index (χ3v) is 5.23. The summed E-state index contributed by atoms with van der Waals surface area (Å²) in [6.45, 7) is 5.99. The molecule has 4 rings (SSSR count). The lowest BCUT2D eigenvalue weighted by Gasteiger charge is -2.09. The van der Waals surface area contributed by atoms with Gasteiger partial charge in [-0.05, 0) is 56.7 Å². The lowest BCUT2D eigenvalue weighted by atomic mass is 10.1. The number of aryl methyl sites for hydroxylation is 3. The van der Waals surface area contributed by atoms with Gasteiger partial charge >= 0.3 is 0 Å². The summed E-state index contributed by atoms with van der Waals surface area (Å²) >= 11 is 0. The zero-order chi connectivity index (χ0) is 23.4. The molecule has 33 heavy (non-hydrogen) atoms. The van der Waals surface area contributed by atoms with Crippen LogP contribution in [0.1, 0.15) is 40.0 Å². The maximum Gasteiger partial charge on any atom is 0.255 e. The van der Waals surface area contributed by atoms with E-state index >= 15 is 0 Å². The SMILES string of the molecule is CCc1cc(=O)[nH]c(-c2cccc(NC(=O)c3ccc(OCc4c(C)noc4C)cc3)c2)n1. The van der Waals surface area contributed by atoms with Crippen molar-refractivity contribution in [2.75, 3.05) is 5.32 Å². The standard InChI is InChI=1S/C25H24N4O4/c1-4-19-13-23(30)28-24(26-19)18-6-5-7-20(12-18)27-25(31)17-8-10-21(11-9-17)32-14-22-15(2)29-33-16(22)3/h5-13H,4,14H2,1-3H3,(H,27,31)(H,26,28,30). The molecule has 2 heterocycles. The molecule has 4 aromatic rings. The number of aromatic amines is 1. The highest BCUT2D eigenvalue weighted by atomic mass is 16.5. The summed E-state index contributed by atoms with van der Waals surface area (Å²) in [6.07, 6.45) is 0.658. The Bertz CT molecular complexity index is 1320. The van der Waals surface area contributed by atoms with E-state index in [1.165, 1.54) is 6.07 Å². The minimum Gasteiger partial charge on any atom is -0.489 e. The second-order valence-electron chi connectivity index (χ2n) is 7.59. The van der Waals surface area contributed by atoms with Crippen molar-refractivity contribution in [3.8, 4) is 17.1 Å². The first kappa shape index (κ1) is 22.0. The Balaban J connectivity index is 1.44. The van der Waals surface area contributed by atoms with Crippen molar-refractivity contribution in [1.29, 1.82) is 0 Å². The van der Waals surface area contributed by atoms with Gasteiger partial charge in [0.2, 0.25) is 0 Å². The number of H-pyrrole nitrogens is 1. The molecule has 0 radical (unpaired) electrons. The minimum absolute atomic E-state index is 0.206. The summed E-state index contributed by atoms with van der Waals surface area (Å²) < 4.78 is 10.9. The summed E-state index contributed by atoms with van der Waals surface area (Å²) in [5, 5.41) is 6.79. The summed E-state index contributed by atoms with van der Waals surface area (Å²) in [5.41, 5.74) is 4.01. The normalized spacial score (nSPS) is 10.8. The van der Waals surface area contributed by atoms with E-state index in [9.17, 15) is 9.59 Å². The molecule has 2 N–H and O–H groups in total. The molecule has 0 atom stereocenters. The number of benzene rings is 2. The predicted octanol–water partition coefficient (Wildman–Crippen LogP) is 4.44. The molecule has 168 valence electrons. The molecule has 0 spiro atoms. The molecular formula is C25H24N4O4. The number of ether oxygens (including phenoxy) is 1. The molecule has 0 aliphatic rings. The van der Waals surface area contributed by atoms with E-state index in [4.69, 9.17) is 9.26 Å². The van der Waals surface area contributed by atoms with E-state index in [2.05, 4.69) is 20.4 Å². The van der Waals surface area contributed by atoms with Gasteiger partial charge in [0.1, 0.15) is 23.9 Å². The number of anilines is 1. The Morgan fingerprint density at radius 3 is 2.61 bits per heavy atom. The minimum atomic E-state index is -0.256.